The molecule has 1 aromatic rings. The van der Waals surface area contributed by atoms with Gasteiger partial charge in [0.1, 0.15) is 11.9 Å². The van der Waals surface area contributed by atoms with E-state index in [1.54, 1.807) is 12.1 Å². The zero-order valence-electron chi connectivity index (χ0n) is 9.20. The van der Waals surface area contributed by atoms with Crippen LogP contribution in [0.5, 0.6) is 5.75 Å². The Balaban J connectivity index is 2.31. The average molecular weight is 277 g/mol. The minimum Gasteiger partial charge on any atom is -0.495 e. The Hall–Kier alpha value is -0.970. The number of halogens is 2. The molecule has 1 aliphatic rings. The van der Waals surface area contributed by atoms with Crippen molar-refractivity contribution in [3.05, 3.63) is 27.7 Å². The van der Waals surface area contributed by atoms with E-state index >= 15 is 0 Å². The summed E-state index contributed by atoms with van der Waals surface area (Å²) in [5.74, 6) is 0.0422. The first kappa shape index (κ1) is 12.5. The standard InChI is InChI=1S/C11H10Cl2O4/c1-15-8-6(3-5(12)4-7(8)13)9-10(17-9)11(14)16-2/h3-4,9-10H,1-2H3/t9-,10-/m1/s1. The summed E-state index contributed by atoms with van der Waals surface area (Å²) < 4.78 is 15.0. The summed E-state index contributed by atoms with van der Waals surface area (Å²) in [4.78, 5) is 11.3. The predicted octanol–water partition coefficient (Wildman–Crippen LogP) is 2.61. The fourth-order valence-electron chi connectivity index (χ4n) is 1.65. The predicted molar refractivity (Wildman–Crippen MR) is 62.6 cm³/mol. The molecule has 0 bridgehead atoms. The molecule has 2 atom stereocenters. The van der Waals surface area contributed by atoms with E-state index in [0.717, 1.165) is 0 Å². The first-order chi connectivity index (χ1) is 8.08. The Labute approximate surface area is 108 Å². The van der Waals surface area contributed by atoms with Gasteiger partial charge in [-0.3, -0.25) is 0 Å². The number of carbonyl (C=O) groups is 1. The van der Waals surface area contributed by atoms with Gasteiger partial charge in [-0.05, 0) is 12.1 Å². The lowest BCUT2D eigenvalue weighted by molar-refractivity contribution is -0.142. The van der Waals surface area contributed by atoms with Crippen molar-refractivity contribution in [1.82, 2.24) is 0 Å². The van der Waals surface area contributed by atoms with E-state index in [-0.39, 0.29) is 0 Å². The highest BCUT2D eigenvalue weighted by atomic mass is 35.5. The molecule has 1 aromatic carbocycles. The van der Waals surface area contributed by atoms with Crippen LogP contribution >= 0.6 is 23.2 Å². The Bertz CT molecular complexity index is 461. The topological polar surface area (TPSA) is 48.1 Å². The fraction of sp³-hybridized carbons (Fsp3) is 0.364. The molecule has 0 aliphatic carbocycles. The molecule has 1 aliphatic heterocycles. The van der Waals surface area contributed by atoms with Crippen molar-refractivity contribution in [3.8, 4) is 5.75 Å². The lowest BCUT2D eigenvalue weighted by atomic mass is 10.1. The summed E-state index contributed by atoms with van der Waals surface area (Å²) in [6.45, 7) is 0. The number of methoxy groups -OCH3 is 2. The summed E-state index contributed by atoms with van der Waals surface area (Å²) in [5.41, 5.74) is 0.653. The number of benzene rings is 1. The molecular formula is C11H10Cl2O4. The van der Waals surface area contributed by atoms with Gasteiger partial charge in [0.15, 0.2) is 6.10 Å². The van der Waals surface area contributed by atoms with Gasteiger partial charge in [-0.2, -0.15) is 0 Å². The third kappa shape index (κ3) is 2.34. The summed E-state index contributed by atoms with van der Waals surface area (Å²) in [7, 11) is 2.80. The number of carbonyl (C=O) groups excluding carboxylic acids is 1. The summed E-state index contributed by atoms with van der Waals surface area (Å²) in [6.07, 6.45) is -1.02. The molecule has 92 valence electrons. The Morgan fingerprint density at radius 1 is 1.35 bits per heavy atom. The fourth-order valence-corrected chi connectivity index (χ4v) is 2.24. The average Bonchev–Trinajstić information content (AvgIpc) is 3.07. The van der Waals surface area contributed by atoms with Crippen LogP contribution in [0.25, 0.3) is 0 Å². The molecule has 0 N–H and O–H groups in total. The van der Waals surface area contributed by atoms with Gasteiger partial charge >= 0.3 is 5.97 Å². The second-order valence-corrected chi connectivity index (χ2v) is 4.35. The summed E-state index contributed by atoms with van der Waals surface area (Å²) >= 11 is 11.9. The lowest BCUT2D eigenvalue weighted by Crippen LogP contribution is -2.09. The van der Waals surface area contributed by atoms with E-state index in [9.17, 15) is 4.79 Å². The quantitative estimate of drug-likeness (QED) is 0.629. The van der Waals surface area contributed by atoms with E-state index in [1.807, 2.05) is 0 Å². The van der Waals surface area contributed by atoms with E-state index in [1.165, 1.54) is 14.2 Å². The lowest BCUT2D eigenvalue weighted by Gasteiger charge is -2.08. The van der Waals surface area contributed by atoms with Gasteiger partial charge < -0.3 is 14.2 Å². The molecule has 0 aromatic heterocycles. The zero-order chi connectivity index (χ0) is 12.6. The molecular weight excluding hydrogens is 267 g/mol. The number of hydrogen-bond acceptors (Lipinski definition) is 4. The van der Waals surface area contributed by atoms with Crippen molar-refractivity contribution in [3.63, 3.8) is 0 Å². The van der Waals surface area contributed by atoms with E-state index < -0.39 is 18.2 Å². The van der Waals surface area contributed by atoms with Crippen LogP contribution in [0.3, 0.4) is 0 Å². The van der Waals surface area contributed by atoms with Crippen molar-refractivity contribution >= 4 is 29.2 Å². The second-order valence-electron chi connectivity index (χ2n) is 3.51. The zero-order valence-corrected chi connectivity index (χ0v) is 10.7. The van der Waals surface area contributed by atoms with Crippen LogP contribution < -0.4 is 4.74 Å². The second kappa shape index (κ2) is 4.72. The van der Waals surface area contributed by atoms with Gasteiger partial charge in [0, 0.05) is 10.6 Å². The van der Waals surface area contributed by atoms with Gasteiger partial charge in [-0.1, -0.05) is 23.2 Å². The third-order valence-electron chi connectivity index (χ3n) is 2.47. The molecule has 2 rings (SSSR count). The Morgan fingerprint density at radius 3 is 2.65 bits per heavy atom. The number of rotatable bonds is 3. The van der Waals surface area contributed by atoms with Gasteiger partial charge in [0.05, 0.1) is 19.2 Å². The van der Waals surface area contributed by atoms with Crippen LogP contribution in [0.15, 0.2) is 12.1 Å². The van der Waals surface area contributed by atoms with Gasteiger partial charge in [-0.15, -0.1) is 0 Å². The summed E-state index contributed by atoms with van der Waals surface area (Å²) in [6, 6.07) is 3.24. The highest BCUT2D eigenvalue weighted by molar-refractivity contribution is 6.35. The molecule has 0 unspecified atom stereocenters. The molecule has 17 heavy (non-hydrogen) atoms. The van der Waals surface area contributed by atoms with Crippen molar-refractivity contribution in [1.29, 1.82) is 0 Å². The maximum Gasteiger partial charge on any atom is 0.338 e. The smallest absolute Gasteiger partial charge is 0.338 e. The number of epoxide rings is 1. The molecule has 1 fully saturated rings. The van der Waals surface area contributed by atoms with Crippen LogP contribution in [0, 0.1) is 0 Å². The monoisotopic (exact) mass is 276 g/mol. The SMILES string of the molecule is COC(=O)[C@@H]1O[C@@H]1c1cc(Cl)cc(Cl)c1OC. The largest absolute Gasteiger partial charge is 0.495 e. The highest BCUT2D eigenvalue weighted by Crippen LogP contribution is 2.46. The van der Waals surface area contributed by atoms with Crippen LogP contribution in [0.1, 0.15) is 11.7 Å². The first-order valence-electron chi connectivity index (χ1n) is 4.84. The number of esters is 1. The normalized spacial score (nSPS) is 22.1. The number of ether oxygens (including phenoxy) is 3. The molecule has 1 saturated heterocycles. The molecule has 1 heterocycles. The van der Waals surface area contributed by atoms with Crippen molar-refractivity contribution in [2.24, 2.45) is 0 Å². The van der Waals surface area contributed by atoms with Crippen molar-refractivity contribution in [2.75, 3.05) is 14.2 Å². The molecule has 6 heteroatoms. The van der Waals surface area contributed by atoms with Crippen molar-refractivity contribution < 1.29 is 19.0 Å². The molecule has 0 saturated carbocycles. The van der Waals surface area contributed by atoms with Crippen molar-refractivity contribution in [2.45, 2.75) is 12.2 Å². The molecule has 4 nitrogen and oxygen atoms in total. The van der Waals surface area contributed by atoms with Gasteiger partial charge in [0.2, 0.25) is 0 Å². The van der Waals surface area contributed by atoms with E-state index in [4.69, 9.17) is 32.7 Å². The first-order valence-corrected chi connectivity index (χ1v) is 5.60. The number of hydrogen-bond donors (Lipinski definition) is 0. The Kier molecular flexibility index (Phi) is 3.47. The van der Waals surface area contributed by atoms with Crippen LogP contribution in [0.4, 0.5) is 0 Å². The highest BCUT2D eigenvalue weighted by Gasteiger charge is 2.49. The van der Waals surface area contributed by atoms with E-state index in [0.29, 0.717) is 21.4 Å². The maximum absolute atomic E-state index is 11.3. The van der Waals surface area contributed by atoms with Gasteiger partial charge in [0.25, 0.3) is 0 Å². The summed E-state index contributed by atoms with van der Waals surface area (Å²) in [5, 5.41) is 0.846. The van der Waals surface area contributed by atoms with Crippen LogP contribution in [0.2, 0.25) is 10.0 Å². The van der Waals surface area contributed by atoms with E-state index in [2.05, 4.69) is 4.74 Å². The molecule has 0 radical (unpaired) electrons. The minimum atomic E-state index is -0.608. The maximum atomic E-state index is 11.3. The third-order valence-corrected chi connectivity index (χ3v) is 2.97. The molecule has 0 spiro atoms. The van der Waals surface area contributed by atoms with Crippen LogP contribution in [-0.4, -0.2) is 26.3 Å². The Morgan fingerprint density at radius 2 is 2.06 bits per heavy atom. The minimum absolute atomic E-state index is 0.383. The van der Waals surface area contributed by atoms with Crippen LogP contribution in [-0.2, 0) is 14.3 Å². The molecule has 0 amide bonds. The van der Waals surface area contributed by atoms with Gasteiger partial charge in [-0.25, -0.2) is 4.79 Å².